The summed E-state index contributed by atoms with van der Waals surface area (Å²) in [5.41, 5.74) is 7.79. The van der Waals surface area contributed by atoms with E-state index in [4.69, 9.17) is 10.9 Å². The van der Waals surface area contributed by atoms with Crippen LogP contribution in [0.25, 0.3) is 5.82 Å². The lowest BCUT2D eigenvalue weighted by Gasteiger charge is -2.26. The molecule has 0 aliphatic carbocycles. The zero-order valence-corrected chi connectivity index (χ0v) is 18.8. The monoisotopic (exact) mass is 465 g/mol. The molecule has 4 aromatic rings. The molecule has 2 aromatic heterocycles. The summed E-state index contributed by atoms with van der Waals surface area (Å²) >= 11 is 0. The summed E-state index contributed by atoms with van der Waals surface area (Å²) in [6.45, 7) is 2.09. The van der Waals surface area contributed by atoms with Crippen molar-refractivity contribution in [1.82, 2.24) is 24.7 Å². The lowest BCUT2D eigenvalue weighted by atomic mass is 10.1. The van der Waals surface area contributed by atoms with E-state index in [1.54, 1.807) is 18.2 Å². The van der Waals surface area contributed by atoms with Gasteiger partial charge in [0.05, 0.1) is 10.9 Å². The van der Waals surface area contributed by atoms with Gasteiger partial charge in [-0.3, -0.25) is 0 Å². The third-order valence-corrected chi connectivity index (χ3v) is 6.08. The number of hydrogen-bond donors (Lipinski definition) is 3. The van der Waals surface area contributed by atoms with Crippen molar-refractivity contribution < 1.29 is 8.42 Å². The highest BCUT2D eigenvalue weighted by molar-refractivity contribution is 7.89. The Labute approximate surface area is 191 Å². The molecule has 0 bridgehead atoms. The van der Waals surface area contributed by atoms with E-state index < -0.39 is 10.0 Å². The summed E-state index contributed by atoms with van der Waals surface area (Å²) in [5, 5.41) is 12.5. The van der Waals surface area contributed by atoms with Gasteiger partial charge < -0.3 is 16.0 Å². The van der Waals surface area contributed by atoms with Gasteiger partial charge in [0.25, 0.3) is 0 Å². The highest BCUT2D eigenvalue weighted by Crippen LogP contribution is 2.25. The van der Waals surface area contributed by atoms with Crippen molar-refractivity contribution in [3.63, 3.8) is 0 Å². The van der Waals surface area contributed by atoms with Crippen molar-refractivity contribution in [2.75, 3.05) is 23.0 Å². The molecule has 0 saturated heterocycles. The Kier molecular flexibility index (Phi) is 5.94. The predicted octanol–water partition coefficient (Wildman–Crippen LogP) is 2.23. The second kappa shape index (κ2) is 8.84. The summed E-state index contributed by atoms with van der Waals surface area (Å²) in [6, 6.07) is 17.8. The number of nitrogens with zero attached hydrogens (tertiary/aromatic N) is 6. The van der Waals surface area contributed by atoms with Crippen LogP contribution in [0.4, 0.5) is 23.4 Å². The van der Waals surface area contributed by atoms with Gasteiger partial charge in [-0.25, -0.2) is 23.5 Å². The molecule has 170 valence electrons. The van der Waals surface area contributed by atoms with Crippen molar-refractivity contribution in [2.45, 2.75) is 17.9 Å². The van der Waals surface area contributed by atoms with Gasteiger partial charge in [-0.1, -0.05) is 30.3 Å². The third-order valence-electron chi connectivity index (χ3n) is 5.15. The molecule has 0 amide bonds. The molecule has 0 unspecified atom stereocenters. The minimum Gasteiger partial charge on any atom is -0.368 e. The lowest BCUT2D eigenvalue weighted by molar-refractivity contribution is 0.598. The van der Waals surface area contributed by atoms with Crippen molar-refractivity contribution in [1.29, 1.82) is 0 Å². The molecule has 0 spiro atoms. The maximum Gasteiger partial charge on any atom is 0.248 e. The largest absolute Gasteiger partial charge is 0.368 e. The van der Waals surface area contributed by atoms with Crippen LogP contribution in [0.3, 0.4) is 0 Å². The number of anilines is 4. The molecule has 11 nitrogen and oxygen atoms in total. The number of nitrogen functional groups attached to an aromatic ring is 1. The summed E-state index contributed by atoms with van der Waals surface area (Å²) in [7, 11) is -1.82. The molecule has 2 heterocycles. The summed E-state index contributed by atoms with van der Waals surface area (Å²) in [6.07, 6.45) is 1.44. The van der Waals surface area contributed by atoms with E-state index in [0.717, 1.165) is 5.56 Å². The van der Waals surface area contributed by atoms with E-state index in [0.29, 0.717) is 17.3 Å². The van der Waals surface area contributed by atoms with Gasteiger partial charge >= 0.3 is 0 Å². The molecule has 0 aliphatic heterocycles. The molecule has 0 aliphatic rings. The smallest absolute Gasteiger partial charge is 0.248 e. The summed E-state index contributed by atoms with van der Waals surface area (Å²) in [5.74, 6) is 1.50. The molecule has 0 saturated carbocycles. The van der Waals surface area contributed by atoms with Gasteiger partial charge in [0.15, 0.2) is 5.82 Å². The van der Waals surface area contributed by atoms with Crippen LogP contribution in [0, 0.1) is 0 Å². The average Bonchev–Trinajstić information content (AvgIpc) is 3.18. The Morgan fingerprint density at radius 3 is 2.42 bits per heavy atom. The fourth-order valence-electron chi connectivity index (χ4n) is 3.20. The van der Waals surface area contributed by atoms with Crippen LogP contribution < -0.4 is 21.1 Å². The number of nitrogens with one attached hydrogen (secondary N) is 1. The molecule has 1 atom stereocenters. The van der Waals surface area contributed by atoms with Crippen molar-refractivity contribution in [3.8, 4) is 5.82 Å². The highest BCUT2D eigenvalue weighted by atomic mass is 32.2. The van der Waals surface area contributed by atoms with Crippen LogP contribution in [0.5, 0.6) is 0 Å². The Bertz CT molecular complexity index is 1360. The van der Waals surface area contributed by atoms with Crippen LogP contribution in [-0.4, -0.2) is 40.2 Å². The van der Waals surface area contributed by atoms with Crippen LogP contribution in [0.15, 0.2) is 71.9 Å². The van der Waals surface area contributed by atoms with E-state index in [-0.39, 0.29) is 22.8 Å². The van der Waals surface area contributed by atoms with Gasteiger partial charge in [-0.2, -0.15) is 9.67 Å². The Balaban J connectivity index is 1.56. The number of primary sulfonamides is 1. The number of aromatic nitrogens is 5. The molecule has 12 heteroatoms. The number of sulfonamides is 1. The Morgan fingerprint density at radius 2 is 1.76 bits per heavy atom. The quantitative estimate of drug-likeness (QED) is 0.372. The van der Waals surface area contributed by atoms with Crippen molar-refractivity contribution in [3.05, 3.63) is 72.6 Å². The van der Waals surface area contributed by atoms with Gasteiger partial charge in [-0.15, -0.1) is 5.10 Å². The zero-order valence-electron chi connectivity index (χ0n) is 18.0. The fourth-order valence-corrected chi connectivity index (χ4v) is 3.72. The normalized spacial score (nSPS) is 12.3. The van der Waals surface area contributed by atoms with Crippen LogP contribution in [0.2, 0.25) is 0 Å². The van der Waals surface area contributed by atoms with Crippen molar-refractivity contribution in [2.24, 2.45) is 5.14 Å². The number of rotatable bonds is 7. The minimum atomic E-state index is -3.77. The SMILES string of the molecule is C[C@H](c1ccccc1)N(C)c1cc(-n2nc(Nc3ccc(S(N)(=O)=O)cc3)nc2N)ncn1. The molecule has 2 aromatic carbocycles. The standard InChI is InChI=1S/C21H23N9O2S/c1-14(15-6-4-3-5-7-15)29(2)18-12-19(25-13-24-18)30-20(22)27-21(28-30)26-16-8-10-17(11-9-16)33(23,31)32/h3-14H,1-2H3,(H2,23,31,32)(H3,22,26,27,28)/t14-/m1/s1. The van der Waals surface area contributed by atoms with Crippen LogP contribution in [0.1, 0.15) is 18.5 Å². The van der Waals surface area contributed by atoms with Crippen LogP contribution >= 0.6 is 0 Å². The first-order valence-electron chi connectivity index (χ1n) is 9.95. The number of hydrogen-bond acceptors (Lipinski definition) is 9. The Morgan fingerprint density at radius 1 is 1.06 bits per heavy atom. The molecular formula is C21H23N9O2S. The molecule has 33 heavy (non-hydrogen) atoms. The summed E-state index contributed by atoms with van der Waals surface area (Å²) in [4.78, 5) is 14.9. The maximum atomic E-state index is 11.4. The number of benzene rings is 2. The van der Waals surface area contributed by atoms with E-state index >= 15 is 0 Å². The molecule has 0 radical (unpaired) electrons. The highest BCUT2D eigenvalue weighted by Gasteiger charge is 2.16. The second-order valence-corrected chi connectivity index (χ2v) is 8.89. The van der Waals surface area contributed by atoms with E-state index in [1.165, 1.54) is 23.1 Å². The molecular weight excluding hydrogens is 442 g/mol. The van der Waals surface area contributed by atoms with Crippen LogP contribution in [-0.2, 0) is 10.0 Å². The van der Waals surface area contributed by atoms with E-state index in [9.17, 15) is 8.42 Å². The van der Waals surface area contributed by atoms with E-state index in [2.05, 4.69) is 44.4 Å². The molecule has 0 fully saturated rings. The molecule has 4 rings (SSSR count). The lowest BCUT2D eigenvalue weighted by Crippen LogP contribution is -2.23. The first-order valence-corrected chi connectivity index (χ1v) is 11.5. The average molecular weight is 466 g/mol. The van der Waals surface area contributed by atoms with Gasteiger partial charge in [-0.05, 0) is 36.8 Å². The predicted molar refractivity (Wildman–Crippen MR) is 126 cm³/mol. The van der Waals surface area contributed by atoms with Gasteiger partial charge in [0, 0.05) is 18.8 Å². The number of nitrogens with two attached hydrogens (primary N) is 2. The van der Waals surface area contributed by atoms with Gasteiger partial charge in [0.1, 0.15) is 12.1 Å². The Hall–Kier alpha value is -4.03. The second-order valence-electron chi connectivity index (χ2n) is 7.33. The fraction of sp³-hybridized carbons (Fsp3) is 0.143. The first-order chi connectivity index (χ1) is 15.7. The maximum absolute atomic E-state index is 11.4. The summed E-state index contributed by atoms with van der Waals surface area (Å²) < 4.78 is 24.2. The molecule has 5 N–H and O–H groups in total. The van der Waals surface area contributed by atoms with E-state index in [1.807, 2.05) is 30.1 Å². The van der Waals surface area contributed by atoms with Crippen molar-refractivity contribution >= 4 is 33.4 Å². The van der Waals surface area contributed by atoms with Gasteiger partial charge in [0.2, 0.25) is 21.9 Å². The topological polar surface area (TPSA) is 158 Å². The minimum absolute atomic E-state index is 0.00779. The zero-order chi connectivity index (χ0) is 23.6. The third kappa shape index (κ3) is 4.91. The first kappa shape index (κ1) is 22.2.